The first-order chi connectivity index (χ1) is 13.5. The van der Waals surface area contributed by atoms with E-state index in [-0.39, 0.29) is 17.5 Å². The van der Waals surface area contributed by atoms with Crippen molar-refractivity contribution in [3.8, 4) is 5.75 Å². The number of benzene rings is 2. The molecule has 1 amide bonds. The molecular weight excluding hydrogens is 389 g/mol. The van der Waals surface area contributed by atoms with Crippen LogP contribution in [-0.4, -0.2) is 17.5 Å². The highest BCUT2D eigenvalue weighted by molar-refractivity contribution is 7.98. The Balaban J connectivity index is 1.67. The summed E-state index contributed by atoms with van der Waals surface area (Å²) in [6.45, 7) is -2.91. The van der Waals surface area contributed by atoms with Crippen LogP contribution in [0.5, 0.6) is 5.75 Å². The minimum atomic E-state index is -2.91. The Kier molecular flexibility index (Phi) is 6.54. The lowest BCUT2D eigenvalue weighted by Gasteiger charge is -2.10. The highest BCUT2D eigenvalue weighted by Crippen LogP contribution is 2.25. The zero-order valence-corrected chi connectivity index (χ0v) is 15.3. The second kappa shape index (κ2) is 9.27. The molecule has 0 aliphatic heterocycles. The van der Waals surface area contributed by atoms with E-state index in [1.165, 1.54) is 48.2 Å². The molecule has 0 saturated heterocycles. The average molecular weight is 404 g/mol. The fourth-order valence-corrected chi connectivity index (χ4v) is 3.28. The molecule has 1 aromatic heterocycles. The number of halogens is 3. The number of hydrogen-bond acceptors (Lipinski definition) is 4. The van der Waals surface area contributed by atoms with Crippen LogP contribution in [0.15, 0.2) is 71.9 Å². The molecule has 3 aromatic rings. The van der Waals surface area contributed by atoms with E-state index in [1.807, 2.05) is 0 Å². The second-order valence-corrected chi connectivity index (χ2v) is 6.59. The van der Waals surface area contributed by atoms with E-state index in [0.717, 1.165) is 5.56 Å². The van der Waals surface area contributed by atoms with Crippen molar-refractivity contribution < 1.29 is 22.7 Å². The minimum absolute atomic E-state index is 0.00455. The largest absolute Gasteiger partial charge is 0.435 e. The monoisotopic (exact) mass is 404 g/mol. The van der Waals surface area contributed by atoms with Crippen molar-refractivity contribution in [3.63, 3.8) is 0 Å². The number of rotatable bonds is 7. The van der Waals surface area contributed by atoms with Crippen molar-refractivity contribution in [2.75, 3.05) is 5.32 Å². The number of aromatic nitrogens is 1. The summed E-state index contributed by atoms with van der Waals surface area (Å²) in [6, 6.07) is 15.0. The van der Waals surface area contributed by atoms with Gasteiger partial charge < -0.3 is 10.1 Å². The van der Waals surface area contributed by atoms with Crippen LogP contribution in [0.3, 0.4) is 0 Å². The van der Waals surface area contributed by atoms with Gasteiger partial charge in [0.25, 0.3) is 5.91 Å². The Morgan fingerprint density at radius 3 is 2.46 bits per heavy atom. The fourth-order valence-electron chi connectivity index (χ4n) is 2.33. The lowest BCUT2D eigenvalue weighted by atomic mass is 10.2. The molecule has 1 heterocycles. The summed E-state index contributed by atoms with van der Waals surface area (Å²) in [5.74, 6) is -0.157. The highest BCUT2D eigenvalue weighted by atomic mass is 32.2. The van der Waals surface area contributed by atoms with Gasteiger partial charge in [-0.3, -0.25) is 4.79 Å². The Morgan fingerprint density at radius 1 is 1.07 bits per heavy atom. The summed E-state index contributed by atoms with van der Waals surface area (Å²) < 4.78 is 41.7. The van der Waals surface area contributed by atoms with Gasteiger partial charge in [0.2, 0.25) is 0 Å². The molecule has 28 heavy (non-hydrogen) atoms. The van der Waals surface area contributed by atoms with Crippen LogP contribution in [0, 0.1) is 5.82 Å². The summed E-state index contributed by atoms with van der Waals surface area (Å²) in [4.78, 5) is 16.8. The number of thioether (sulfide) groups is 1. The quantitative estimate of drug-likeness (QED) is 0.538. The molecule has 1 N–H and O–H groups in total. The predicted molar refractivity (Wildman–Crippen MR) is 101 cm³/mol. The number of anilines is 1. The fraction of sp³-hybridized carbons (Fsp3) is 0.100. The zero-order valence-electron chi connectivity index (χ0n) is 14.4. The number of amides is 1. The van der Waals surface area contributed by atoms with Gasteiger partial charge in [-0.2, -0.15) is 8.78 Å². The van der Waals surface area contributed by atoms with Crippen LogP contribution < -0.4 is 10.1 Å². The van der Waals surface area contributed by atoms with Gasteiger partial charge in [-0.1, -0.05) is 12.1 Å². The van der Waals surface area contributed by atoms with Crippen LogP contribution in [0.4, 0.5) is 18.9 Å². The van der Waals surface area contributed by atoms with E-state index < -0.39 is 6.61 Å². The van der Waals surface area contributed by atoms with E-state index in [2.05, 4.69) is 15.0 Å². The maximum absolute atomic E-state index is 13.0. The molecule has 0 unspecified atom stereocenters. The summed E-state index contributed by atoms with van der Waals surface area (Å²) in [7, 11) is 0. The van der Waals surface area contributed by atoms with E-state index in [0.29, 0.717) is 22.0 Å². The number of carbonyl (C=O) groups is 1. The average Bonchev–Trinajstić information content (AvgIpc) is 2.69. The van der Waals surface area contributed by atoms with Crippen LogP contribution >= 0.6 is 11.8 Å². The molecule has 2 aromatic carbocycles. The van der Waals surface area contributed by atoms with Crippen LogP contribution in [0.1, 0.15) is 15.9 Å². The molecule has 8 heteroatoms. The maximum Gasteiger partial charge on any atom is 0.387 e. The normalized spacial score (nSPS) is 10.7. The first kappa shape index (κ1) is 19.8. The number of pyridine rings is 1. The zero-order chi connectivity index (χ0) is 19.9. The van der Waals surface area contributed by atoms with Gasteiger partial charge >= 0.3 is 6.61 Å². The molecule has 0 atom stereocenters. The topological polar surface area (TPSA) is 51.2 Å². The third-order valence-corrected chi connectivity index (χ3v) is 4.72. The third-order valence-electron chi connectivity index (χ3n) is 3.64. The first-order valence-corrected chi connectivity index (χ1v) is 9.18. The molecule has 0 fully saturated rings. The Hall–Kier alpha value is -3.00. The van der Waals surface area contributed by atoms with Crippen LogP contribution in [0.25, 0.3) is 0 Å². The number of ether oxygens (including phenoxy) is 1. The molecule has 0 bridgehead atoms. The minimum Gasteiger partial charge on any atom is -0.435 e. The van der Waals surface area contributed by atoms with Crippen molar-refractivity contribution in [3.05, 3.63) is 83.8 Å². The summed E-state index contributed by atoms with van der Waals surface area (Å²) >= 11 is 1.36. The van der Waals surface area contributed by atoms with Crippen LogP contribution in [-0.2, 0) is 5.75 Å². The number of carbonyl (C=O) groups excluding carboxylic acids is 1. The SMILES string of the molecule is O=C(Nc1ccc(OC(F)F)cc1)c1cccnc1SCc1ccc(F)cc1. The van der Waals surface area contributed by atoms with Gasteiger partial charge in [0.15, 0.2) is 0 Å². The van der Waals surface area contributed by atoms with E-state index in [4.69, 9.17) is 0 Å². The summed E-state index contributed by atoms with van der Waals surface area (Å²) in [6.07, 6.45) is 1.58. The van der Waals surface area contributed by atoms with Crippen molar-refractivity contribution in [1.82, 2.24) is 4.98 Å². The van der Waals surface area contributed by atoms with Crippen molar-refractivity contribution >= 4 is 23.4 Å². The Morgan fingerprint density at radius 2 is 1.79 bits per heavy atom. The molecular formula is C20H15F3N2O2S. The van der Waals surface area contributed by atoms with Gasteiger partial charge in [-0.05, 0) is 54.1 Å². The summed E-state index contributed by atoms with van der Waals surface area (Å²) in [5.41, 5.74) is 1.71. The number of hydrogen-bond donors (Lipinski definition) is 1. The number of nitrogens with zero attached hydrogens (tertiary/aromatic N) is 1. The molecule has 3 rings (SSSR count). The lowest BCUT2D eigenvalue weighted by molar-refractivity contribution is -0.0498. The van der Waals surface area contributed by atoms with Crippen molar-refractivity contribution in [1.29, 1.82) is 0 Å². The standard InChI is InChI=1S/C20H15F3N2O2S/c21-14-5-3-13(4-6-14)12-28-19-17(2-1-11-24-19)18(26)25-15-7-9-16(10-8-15)27-20(22)23/h1-11,20H,12H2,(H,25,26). The number of nitrogens with one attached hydrogen (secondary N) is 1. The van der Waals surface area contributed by atoms with Crippen molar-refractivity contribution in [2.45, 2.75) is 17.4 Å². The molecule has 0 aliphatic carbocycles. The van der Waals surface area contributed by atoms with Gasteiger partial charge in [-0.25, -0.2) is 9.37 Å². The first-order valence-electron chi connectivity index (χ1n) is 8.20. The lowest BCUT2D eigenvalue weighted by Crippen LogP contribution is -2.13. The van der Waals surface area contributed by atoms with E-state index >= 15 is 0 Å². The van der Waals surface area contributed by atoms with Crippen LogP contribution in [0.2, 0.25) is 0 Å². The Bertz CT molecular complexity index is 935. The molecule has 0 saturated carbocycles. The molecule has 144 valence electrons. The maximum atomic E-state index is 13.0. The van der Waals surface area contributed by atoms with E-state index in [1.54, 1.807) is 30.5 Å². The van der Waals surface area contributed by atoms with Gasteiger partial charge in [-0.15, -0.1) is 11.8 Å². The smallest absolute Gasteiger partial charge is 0.387 e. The van der Waals surface area contributed by atoms with Gasteiger partial charge in [0.05, 0.1) is 5.56 Å². The van der Waals surface area contributed by atoms with E-state index in [9.17, 15) is 18.0 Å². The molecule has 0 aliphatic rings. The number of alkyl halides is 2. The predicted octanol–water partition coefficient (Wildman–Crippen LogP) is 5.37. The highest BCUT2D eigenvalue weighted by Gasteiger charge is 2.13. The van der Waals surface area contributed by atoms with Gasteiger partial charge in [0.1, 0.15) is 16.6 Å². The third kappa shape index (κ3) is 5.50. The molecule has 0 spiro atoms. The van der Waals surface area contributed by atoms with Gasteiger partial charge in [0, 0.05) is 17.6 Å². The molecule has 4 nitrogen and oxygen atoms in total. The second-order valence-electron chi connectivity index (χ2n) is 5.63. The molecule has 0 radical (unpaired) electrons. The summed E-state index contributed by atoms with van der Waals surface area (Å²) in [5, 5.41) is 3.23. The Labute approximate surface area is 163 Å². The van der Waals surface area contributed by atoms with Crippen molar-refractivity contribution in [2.24, 2.45) is 0 Å².